The average Bonchev–Trinajstić information content (AvgIpc) is 2.72. The Labute approximate surface area is 163 Å². The quantitative estimate of drug-likeness (QED) is 0.728. The Kier molecular flexibility index (Phi) is 6.13. The van der Waals surface area contributed by atoms with Crippen LogP contribution in [-0.4, -0.2) is 38.5 Å². The number of hydrogen-bond acceptors (Lipinski definition) is 7. The molecule has 1 aliphatic rings. The van der Waals surface area contributed by atoms with E-state index in [1.54, 1.807) is 33.3 Å². The summed E-state index contributed by atoms with van der Waals surface area (Å²) in [6, 6.07) is 8.66. The Bertz CT molecular complexity index is 847. The molecule has 1 atom stereocenters. The van der Waals surface area contributed by atoms with Crippen LogP contribution < -0.4 is 18.9 Å². The first-order valence-corrected chi connectivity index (χ1v) is 9.08. The van der Waals surface area contributed by atoms with Crippen LogP contribution in [0.3, 0.4) is 0 Å². The van der Waals surface area contributed by atoms with Crippen molar-refractivity contribution < 1.29 is 33.6 Å². The zero-order valence-electron chi connectivity index (χ0n) is 16.2. The maximum absolute atomic E-state index is 11.5. The summed E-state index contributed by atoms with van der Waals surface area (Å²) in [4.78, 5) is 11.5. The molecule has 0 saturated heterocycles. The second-order valence-electron chi connectivity index (χ2n) is 6.27. The lowest BCUT2D eigenvalue weighted by atomic mass is 9.96. The van der Waals surface area contributed by atoms with E-state index in [4.69, 9.17) is 23.7 Å². The molecule has 2 aromatic carbocycles. The van der Waals surface area contributed by atoms with Gasteiger partial charge in [0.25, 0.3) is 0 Å². The fraction of sp³-hybridized carbons (Fsp3) is 0.381. The molecule has 150 valence electrons. The summed E-state index contributed by atoms with van der Waals surface area (Å²) in [5, 5.41) is 10.0. The molecule has 0 spiro atoms. The molecular weight excluding hydrogens is 364 g/mol. The second-order valence-corrected chi connectivity index (χ2v) is 6.27. The SMILES string of the molecule is CCOC(=O)COc1cc([C@H]2CCc3c(OC)cc(OC)cc3O2)ccc1O. The first-order chi connectivity index (χ1) is 13.5. The Hall–Kier alpha value is -3.09. The van der Waals surface area contributed by atoms with Gasteiger partial charge in [-0.3, -0.25) is 0 Å². The highest BCUT2D eigenvalue weighted by molar-refractivity contribution is 5.71. The topological polar surface area (TPSA) is 83.5 Å². The molecule has 0 aliphatic carbocycles. The van der Waals surface area contributed by atoms with E-state index in [0.717, 1.165) is 29.7 Å². The summed E-state index contributed by atoms with van der Waals surface area (Å²) in [7, 11) is 3.21. The van der Waals surface area contributed by atoms with Crippen LogP contribution in [0, 0.1) is 0 Å². The summed E-state index contributed by atoms with van der Waals surface area (Å²) in [6.45, 7) is 1.72. The Balaban J connectivity index is 1.80. The van der Waals surface area contributed by atoms with Crippen molar-refractivity contribution in [2.75, 3.05) is 27.4 Å². The van der Waals surface area contributed by atoms with Gasteiger partial charge in [0.1, 0.15) is 23.4 Å². The maximum atomic E-state index is 11.5. The van der Waals surface area contributed by atoms with Crippen molar-refractivity contribution in [2.24, 2.45) is 0 Å². The number of esters is 1. The molecule has 0 radical (unpaired) electrons. The van der Waals surface area contributed by atoms with Gasteiger partial charge in [-0.25, -0.2) is 4.79 Å². The molecule has 2 aromatic rings. The van der Waals surface area contributed by atoms with Crippen LogP contribution in [-0.2, 0) is 16.0 Å². The number of hydrogen-bond donors (Lipinski definition) is 1. The number of aromatic hydroxyl groups is 1. The third-order valence-electron chi connectivity index (χ3n) is 4.53. The fourth-order valence-electron chi connectivity index (χ4n) is 3.16. The molecule has 3 rings (SSSR count). The summed E-state index contributed by atoms with van der Waals surface area (Å²) >= 11 is 0. The van der Waals surface area contributed by atoms with Crippen LogP contribution >= 0.6 is 0 Å². The van der Waals surface area contributed by atoms with Crippen molar-refractivity contribution in [2.45, 2.75) is 25.9 Å². The number of fused-ring (bicyclic) bond motifs is 1. The van der Waals surface area contributed by atoms with Gasteiger partial charge in [-0.05, 0) is 37.5 Å². The number of rotatable bonds is 7. The minimum absolute atomic E-state index is 0.0485. The predicted octanol–water partition coefficient (Wildman–Crippen LogP) is 3.42. The molecule has 1 aliphatic heterocycles. The van der Waals surface area contributed by atoms with Crippen molar-refractivity contribution in [3.05, 3.63) is 41.5 Å². The van der Waals surface area contributed by atoms with Crippen molar-refractivity contribution in [1.29, 1.82) is 0 Å². The normalized spacial score (nSPS) is 15.2. The number of phenolic OH excluding ortho intramolecular Hbond substituents is 1. The highest BCUT2D eigenvalue weighted by Crippen LogP contribution is 2.43. The van der Waals surface area contributed by atoms with E-state index in [1.807, 2.05) is 12.1 Å². The first kappa shape index (κ1) is 19.7. The third kappa shape index (κ3) is 4.24. The van der Waals surface area contributed by atoms with E-state index in [-0.39, 0.29) is 30.8 Å². The number of methoxy groups -OCH3 is 2. The van der Waals surface area contributed by atoms with Crippen LogP contribution in [0.15, 0.2) is 30.3 Å². The van der Waals surface area contributed by atoms with E-state index >= 15 is 0 Å². The van der Waals surface area contributed by atoms with E-state index < -0.39 is 5.97 Å². The van der Waals surface area contributed by atoms with Gasteiger partial charge in [0, 0.05) is 17.7 Å². The molecule has 0 bridgehead atoms. The lowest BCUT2D eigenvalue weighted by Crippen LogP contribution is -2.17. The standard InChI is InChI=1S/C21H24O7/c1-4-26-21(23)12-27-20-9-13(5-7-16(20)22)17-8-6-15-18(25-3)10-14(24-2)11-19(15)28-17/h5,7,9-11,17,22H,4,6,8,12H2,1-3H3/t17-/m1/s1. The number of phenols is 1. The van der Waals surface area contributed by atoms with Crippen LogP contribution in [0.1, 0.15) is 30.6 Å². The molecule has 0 unspecified atom stereocenters. The number of ether oxygens (including phenoxy) is 5. The molecule has 1 N–H and O–H groups in total. The molecule has 1 heterocycles. The smallest absolute Gasteiger partial charge is 0.344 e. The highest BCUT2D eigenvalue weighted by Gasteiger charge is 2.26. The molecule has 0 amide bonds. The molecule has 0 fully saturated rings. The molecular formula is C21H24O7. The molecule has 0 saturated carbocycles. The minimum atomic E-state index is -0.491. The maximum Gasteiger partial charge on any atom is 0.344 e. The van der Waals surface area contributed by atoms with E-state index in [1.165, 1.54) is 6.07 Å². The Morgan fingerprint density at radius 1 is 1.18 bits per heavy atom. The largest absolute Gasteiger partial charge is 0.504 e. The van der Waals surface area contributed by atoms with E-state index in [2.05, 4.69) is 0 Å². The molecule has 7 heteroatoms. The van der Waals surface area contributed by atoms with E-state index in [9.17, 15) is 9.90 Å². The minimum Gasteiger partial charge on any atom is -0.504 e. The average molecular weight is 388 g/mol. The number of carbonyl (C=O) groups excluding carboxylic acids is 1. The van der Waals surface area contributed by atoms with Gasteiger partial charge < -0.3 is 28.8 Å². The van der Waals surface area contributed by atoms with Crippen LogP contribution in [0.4, 0.5) is 0 Å². The summed E-state index contributed by atoms with van der Waals surface area (Å²) in [5.41, 5.74) is 1.83. The lowest BCUT2D eigenvalue weighted by Gasteiger charge is -2.28. The van der Waals surface area contributed by atoms with Crippen molar-refractivity contribution in [3.63, 3.8) is 0 Å². The summed E-state index contributed by atoms with van der Waals surface area (Å²) in [6.07, 6.45) is 1.28. The second kappa shape index (κ2) is 8.73. The van der Waals surface area contributed by atoms with Gasteiger partial charge in [0.2, 0.25) is 0 Å². The zero-order valence-corrected chi connectivity index (χ0v) is 16.2. The van der Waals surface area contributed by atoms with Crippen LogP contribution in [0.2, 0.25) is 0 Å². The van der Waals surface area contributed by atoms with Crippen molar-refractivity contribution in [3.8, 4) is 28.7 Å². The van der Waals surface area contributed by atoms with Crippen LogP contribution in [0.5, 0.6) is 28.7 Å². The summed E-state index contributed by atoms with van der Waals surface area (Å²) in [5.74, 6) is 1.76. The number of carbonyl (C=O) groups is 1. The first-order valence-electron chi connectivity index (χ1n) is 9.08. The van der Waals surface area contributed by atoms with Gasteiger partial charge >= 0.3 is 5.97 Å². The predicted molar refractivity (Wildman–Crippen MR) is 101 cm³/mol. The van der Waals surface area contributed by atoms with Gasteiger partial charge in [-0.1, -0.05) is 6.07 Å². The van der Waals surface area contributed by atoms with Crippen molar-refractivity contribution in [1.82, 2.24) is 0 Å². The lowest BCUT2D eigenvalue weighted by molar-refractivity contribution is -0.145. The van der Waals surface area contributed by atoms with Gasteiger partial charge in [0.05, 0.1) is 20.8 Å². The number of benzene rings is 2. The molecule has 0 aromatic heterocycles. The van der Waals surface area contributed by atoms with Gasteiger partial charge in [-0.15, -0.1) is 0 Å². The molecule has 7 nitrogen and oxygen atoms in total. The fourth-order valence-corrected chi connectivity index (χ4v) is 3.16. The zero-order chi connectivity index (χ0) is 20.1. The Morgan fingerprint density at radius 2 is 2.00 bits per heavy atom. The van der Waals surface area contributed by atoms with E-state index in [0.29, 0.717) is 11.5 Å². The Morgan fingerprint density at radius 3 is 2.71 bits per heavy atom. The molecule has 28 heavy (non-hydrogen) atoms. The van der Waals surface area contributed by atoms with Crippen molar-refractivity contribution >= 4 is 5.97 Å². The highest BCUT2D eigenvalue weighted by atomic mass is 16.6. The van der Waals surface area contributed by atoms with Gasteiger partial charge in [0.15, 0.2) is 18.1 Å². The van der Waals surface area contributed by atoms with Crippen LogP contribution in [0.25, 0.3) is 0 Å². The van der Waals surface area contributed by atoms with Gasteiger partial charge in [-0.2, -0.15) is 0 Å². The summed E-state index contributed by atoms with van der Waals surface area (Å²) < 4.78 is 27.2. The third-order valence-corrected chi connectivity index (χ3v) is 4.53. The monoisotopic (exact) mass is 388 g/mol.